The number of esters is 1. The molecule has 0 fully saturated rings. The minimum Gasteiger partial charge on any atom is -0.497 e. The van der Waals surface area contributed by atoms with Crippen molar-refractivity contribution in [3.8, 4) is 11.4 Å². The predicted molar refractivity (Wildman–Crippen MR) is 106 cm³/mol. The molecule has 1 aromatic heterocycles. The number of halogens is 1. The van der Waals surface area contributed by atoms with E-state index in [9.17, 15) is 9.59 Å². The summed E-state index contributed by atoms with van der Waals surface area (Å²) in [5.74, 6) is 0.267. The number of carbonyl (C=O) groups excluding carboxylic acids is 2. The summed E-state index contributed by atoms with van der Waals surface area (Å²) >= 11 is -0.482. The van der Waals surface area contributed by atoms with Crippen molar-refractivity contribution in [3.05, 3.63) is 72.9 Å². The van der Waals surface area contributed by atoms with Crippen LogP contribution in [0.1, 0.15) is 33.5 Å². The van der Waals surface area contributed by atoms with Crippen molar-refractivity contribution in [2.75, 3.05) is 20.8 Å². The van der Waals surface area contributed by atoms with Crippen LogP contribution < -0.4 is 25.9 Å². The zero-order chi connectivity index (χ0) is 21.3. The average molecular weight is 518 g/mol. The molecule has 7 nitrogen and oxygen atoms in total. The number of amides is 1. The Kier molecular flexibility index (Phi) is 5.76. The number of hydrogen-bond acceptors (Lipinski definition) is 5. The molecule has 0 atom stereocenters. The van der Waals surface area contributed by atoms with Gasteiger partial charge in [0.05, 0.1) is 37.2 Å². The van der Waals surface area contributed by atoms with Gasteiger partial charge in [-0.2, -0.15) is 0 Å². The van der Waals surface area contributed by atoms with E-state index in [1.807, 2.05) is 41.0 Å². The summed E-state index contributed by atoms with van der Waals surface area (Å²) in [6.07, 6.45) is 1.59. The summed E-state index contributed by atoms with van der Waals surface area (Å²) in [5, 5.41) is 0. The van der Waals surface area contributed by atoms with E-state index < -0.39 is 27.2 Å². The van der Waals surface area contributed by atoms with Gasteiger partial charge >= 0.3 is 27.2 Å². The van der Waals surface area contributed by atoms with Gasteiger partial charge in [-0.15, -0.1) is 0 Å². The van der Waals surface area contributed by atoms with Gasteiger partial charge in [-0.25, -0.2) is 9.78 Å². The van der Waals surface area contributed by atoms with Crippen molar-refractivity contribution in [1.82, 2.24) is 14.5 Å². The molecule has 0 unspecified atom stereocenters. The molecule has 1 amide bonds. The predicted octanol–water partition coefficient (Wildman–Crippen LogP) is -0.228. The summed E-state index contributed by atoms with van der Waals surface area (Å²) in [6.45, 7) is 2.31. The number of methoxy groups -OCH3 is 1. The molecule has 0 saturated carbocycles. The summed E-state index contributed by atoms with van der Waals surface area (Å²) in [4.78, 5) is 31.3. The third kappa shape index (κ3) is 3.79. The Morgan fingerprint density at radius 3 is 2.77 bits per heavy atom. The number of ether oxygens (including phenoxy) is 2. The zero-order valence-electron chi connectivity index (χ0n) is 16.9. The van der Waals surface area contributed by atoms with E-state index in [-0.39, 0.29) is 24.8 Å². The topological polar surface area (TPSA) is 73.7 Å². The molecule has 1 aliphatic heterocycles. The van der Waals surface area contributed by atoms with Crippen LogP contribution in [0, 0.1) is 7.14 Å². The fourth-order valence-corrected chi connectivity index (χ4v) is 5.73. The first-order valence-electron chi connectivity index (χ1n) is 9.44. The highest BCUT2D eigenvalue weighted by Crippen LogP contribution is 2.25. The Morgan fingerprint density at radius 2 is 2.00 bits per heavy atom. The first kappa shape index (κ1) is 20.4. The number of carbonyl (C=O) groups is 2. The molecule has 4 rings (SSSR count). The van der Waals surface area contributed by atoms with Crippen molar-refractivity contribution in [1.29, 1.82) is 0 Å². The fourth-order valence-electron chi connectivity index (χ4n) is 3.33. The summed E-state index contributed by atoms with van der Waals surface area (Å²) in [7, 11) is 3.38. The maximum Gasteiger partial charge on any atom is 0.358 e. The lowest BCUT2D eigenvalue weighted by molar-refractivity contribution is -0.597. The second-order valence-corrected chi connectivity index (χ2v) is 9.74. The number of aromatic nitrogens is 2. The van der Waals surface area contributed by atoms with Crippen LogP contribution in [0.3, 0.4) is 0 Å². The maximum atomic E-state index is 13.1. The smallest absolute Gasteiger partial charge is 0.358 e. The van der Waals surface area contributed by atoms with Crippen molar-refractivity contribution in [3.63, 3.8) is 0 Å². The molecule has 0 spiro atoms. The molecule has 0 radical (unpaired) electrons. The second-order valence-electron chi connectivity index (χ2n) is 6.71. The Balaban J connectivity index is 1.74. The largest absolute Gasteiger partial charge is 0.497 e. The molecule has 154 valence electrons. The normalized spacial score (nSPS) is 12.8. The number of nitrogens with zero attached hydrogens (tertiary/aromatic N) is 3. The van der Waals surface area contributed by atoms with Crippen LogP contribution in [0.15, 0.2) is 48.8 Å². The quantitative estimate of drug-likeness (QED) is 0.345. The van der Waals surface area contributed by atoms with E-state index in [0.29, 0.717) is 11.3 Å². The van der Waals surface area contributed by atoms with E-state index >= 15 is 0 Å². The van der Waals surface area contributed by atoms with Gasteiger partial charge in [-0.05, 0) is 31.2 Å². The molecule has 0 N–H and O–H groups in total. The van der Waals surface area contributed by atoms with Crippen LogP contribution in [-0.2, 0) is 11.3 Å². The average Bonchev–Trinajstić information content (AvgIpc) is 3.12. The SMILES string of the molecule is CCOC(=O)c1ncn2c1CN(C)C(=O)c1cc([I+]c3cccc(OC)c3)ccc1-2. The molecule has 0 aliphatic carbocycles. The first-order valence-corrected chi connectivity index (χ1v) is 11.6. The first-order chi connectivity index (χ1) is 14.5. The van der Waals surface area contributed by atoms with E-state index in [1.54, 1.807) is 32.3 Å². The minimum absolute atomic E-state index is 0.0833. The number of benzene rings is 2. The molecular weight excluding hydrogens is 497 g/mol. The number of hydrogen-bond donors (Lipinski definition) is 0. The Hall–Kier alpha value is -2.88. The van der Waals surface area contributed by atoms with Gasteiger partial charge in [0.15, 0.2) is 12.8 Å². The van der Waals surface area contributed by atoms with Gasteiger partial charge in [0.2, 0.25) is 0 Å². The van der Waals surface area contributed by atoms with E-state index in [0.717, 1.165) is 15.0 Å². The van der Waals surface area contributed by atoms with Gasteiger partial charge in [0.1, 0.15) is 12.1 Å². The lowest BCUT2D eigenvalue weighted by atomic mass is 10.1. The van der Waals surface area contributed by atoms with Crippen LogP contribution in [-0.4, -0.2) is 47.1 Å². The number of rotatable bonds is 5. The van der Waals surface area contributed by atoms with Gasteiger partial charge in [-0.1, -0.05) is 6.07 Å². The molecule has 3 aromatic rings. The lowest BCUT2D eigenvalue weighted by Crippen LogP contribution is -3.61. The highest BCUT2D eigenvalue weighted by Gasteiger charge is 2.30. The van der Waals surface area contributed by atoms with Crippen LogP contribution in [0.5, 0.6) is 5.75 Å². The standard InChI is InChI=1S/C22H21IN3O4/c1-4-30-22(28)20-19-12-25(2)21(27)17-11-15(8-9-18(17)26(19)13-24-20)23-14-6-5-7-16(10-14)29-3/h5-11,13H,4,12H2,1-3H3/q+1. The van der Waals surface area contributed by atoms with Gasteiger partial charge in [0, 0.05) is 19.2 Å². The number of fused-ring (bicyclic) bond motifs is 3. The van der Waals surface area contributed by atoms with Crippen molar-refractivity contribution in [2.45, 2.75) is 13.5 Å². The molecule has 1 aliphatic rings. The summed E-state index contributed by atoms with van der Waals surface area (Å²) < 4.78 is 14.6. The molecule has 2 heterocycles. The third-order valence-corrected chi connectivity index (χ3v) is 7.36. The van der Waals surface area contributed by atoms with E-state index in [4.69, 9.17) is 9.47 Å². The third-order valence-electron chi connectivity index (χ3n) is 4.77. The van der Waals surface area contributed by atoms with Gasteiger partial charge in [0.25, 0.3) is 5.91 Å². The molecule has 8 heteroatoms. The summed E-state index contributed by atoms with van der Waals surface area (Å²) in [6, 6.07) is 13.9. The van der Waals surface area contributed by atoms with Crippen LogP contribution >= 0.6 is 0 Å². The van der Waals surface area contributed by atoms with Crippen molar-refractivity contribution < 1.29 is 40.3 Å². The van der Waals surface area contributed by atoms with Crippen LogP contribution in [0.25, 0.3) is 5.69 Å². The van der Waals surface area contributed by atoms with Crippen LogP contribution in [0.2, 0.25) is 0 Å². The monoisotopic (exact) mass is 518 g/mol. The fraction of sp³-hybridized carbons (Fsp3) is 0.227. The molecule has 30 heavy (non-hydrogen) atoms. The minimum atomic E-state index is -0.482. The molecule has 0 bridgehead atoms. The Bertz CT molecular complexity index is 1130. The zero-order valence-corrected chi connectivity index (χ0v) is 19.0. The Morgan fingerprint density at radius 1 is 1.20 bits per heavy atom. The maximum absolute atomic E-state index is 13.1. The highest BCUT2D eigenvalue weighted by atomic mass is 127. The molecular formula is C22H21IN3O4+. The van der Waals surface area contributed by atoms with E-state index in [2.05, 4.69) is 11.1 Å². The Labute approximate surface area is 184 Å². The van der Waals surface area contributed by atoms with Crippen molar-refractivity contribution >= 4 is 11.9 Å². The van der Waals surface area contributed by atoms with Gasteiger partial charge < -0.3 is 14.4 Å². The van der Waals surface area contributed by atoms with Crippen LogP contribution in [0.4, 0.5) is 0 Å². The molecule has 2 aromatic carbocycles. The number of imidazole rings is 1. The summed E-state index contributed by atoms with van der Waals surface area (Å²) in [5.41, 5.74) is 2.22. The highest BCUT2D eigenvalue weighted by molar-refractivity contribution is 5.98. The molecule has 0 saturated heterocycles. The second kappa shape index (κ2) is 8.47. The van der Waals surface area contributed by atoms with E-state index in [1.165, 1.54) is 3.57 Å². The van der Waals surface area contributed by atoms with Gasteiger partial charge in [-0.3, -0.25) is 9.36 Å². The lowest BCUT2D eigenvalue weighted by Gasteiger charge is -2.14. The van der Waals surface area contributed by atoms with Crippen molar-refractivity contribution in [2.24, 2.45) is 0 Å².